The van der Waals surface area contributed by atoms with Gasteiger partial charge in [-0.2, -0.15) is 4.31 Å². The molecule has 5 rings (SSSR count). The number of fused-ring (bicyclic) bond motifs is 2. The highest BCUT2D eigenvalue weighted by Crippen LogP contribution is 2.39. The van der Waals surface area contributed by atoms with E-state index in [-0.39, 0.29) is 11.4 Å². The predicted octanol–water partition coefficient (Wildman–Crippen LogP) is 5.50. The first-order valence-corrected chi connectivity index (χ1v) is 17.3. The third-order valence-corrected chi connectivity index (χ3v) is 11.5. The molecule has 2 fully saturated rings. The Kier molecular flexibility index (Phi) is 10.1. The molecule has 0 radical (unpaired) electrons. The Hall–Kier alpha value is -2.36. The number of amides is 1. The van der Waals surface area contributed by atoms with Crippen molar-refractivity contribution in [2.45, 2.75) is 100 Å². The summed E-state index contributed by atoms with van der Waals surface area (Å²) in [7, 11) is -1.90. The summed E-state index contributed by atoms with van der Waals surface area (Å²) in [6, 6.07) is 8.74. The van der Waals surface area contributed by atoms with Crippen molar-refractivity contribution in [2.24, 2.45) is 5.92 Å². The fraction of sp³-hybridized carbons (Fsp3) is 0.656. The van der Waals surface area contributed by atoms with Crippen LogP contribution in [0.4, 0.5) is 0 Å². The normalized spacial score (nSPS) is 20.5. The zero-order chi connectivity index (χ0) is 28.7. The van der Waals surface area contributed by atoms with Crippen LogP contribution in [0.1, 0.15) is 105 Å². The van der Waals surface area contributed by atoms with Crippen LogP contribution >= 0.6 is 0 Å². The highest BCUT2D eigenvalue weighted by Gasteiger charge is 2.37. The van der Waals surface area contributed by atoms with Crippen molar-refractivity contribution >= 4 is 15.9 Å². The summed E-state index contributed by atoms with van der Waals surface area (Å²) in [5.41, 5.74) is 3.30. The molecule has 9 heteroatoms. The van der Waals surface area contributed by atoms with Crippen molar-refractivity contribution in [3.8, 4) is 5.75 Å². The van der Waals surface area contributed by atoms with E-state index in [1.807, 2.05) is 0 Å². The molecule has 41 heavy (non-hydrogen) atoms. The molecule has 2 aliphatic heterocycles. The maximum absolute atomic E-state index is 13.0. The molecule has 1 aliphatic carbocycles. The third kappa shape index (κ3) is 7.17. The number of sulfonamides is 1. The minimum Gasteiger partial charge on any atom is -0.497 e. The number of H-pyrrole nitrogens is 1. The van der Waals surface area contributed by atoms with E-state index in [1.165, 1.54) is 49.8 Å². The first-order valence-electron chi connectivity index (χ1n) is 15.8. The van der Waals surface area contributed by atoms with Gasteiger partial charge in [0.1, 0.15) is 11.4 Å². The van der Waals surface area contributed by atoms with Gasteiger partial charge in [-0.3, -0.25) is 4.79 Å². The molecular weight excluding hydrogens is 536 g/mol. The Labute approximate surface area is 246 Å². The summed E-state index contributed by atoms with van der Waals surface area (Å²) in [6.45, 7) is 2.75. The fourth-order valence-electron chi connectivity index (χ4n) is 7.09. The summed E-state index contributed by atoms with van der Waals surface area (Å²) in [5.74, 6) is 1.17. The molecule has 8 nitrogen and oxygen atoms in total. The molecule has 3 N–H and O–H groups in total. The highest BCUT2D eigenvalue weighted by atomic mass is 32.2. The quantitative estimate of drug-likeness (QED) is 0.338. The molecule has 0 unspecified atom stereocenters. The minimum absolute atomic E-state index is 0.00494. The lowest BCUT2D eigenvalue weighted by atomic mass is 9.78. The first kappa shape index (κ1) is 30.1. The molecule has 2 aromatic rings. The van der Waals surface area contributed by atoms with E-state index in [0.29, 0.717) is 41.9 Å². The van der Waals surface area contributed by atoms with Crippen LogP contribution in [0.5, 0.6) is 5.75 Å². The molecule has 1 aromatic heterocycles. The lowest BCUT2D eigenvalue weighted by molar-refractivity contribution is 0.0948. The van der Waals surface area contributed by atoms with Crippen LogP contribution in [0.15, 0.2) is 35.2 Å². The average Bonchev–Trinajstić information content (AvgIpc) is 3.48. The molecule has 1 saturated heterocycles. The lowest BCUT2D eigenvalue weighted by Crippen LogP contribution is -2.47. The van der Waals surface area contributed by atoms with Gasteiger partial charge in [-0.1, -0.05) is 51.4 Å². The molecule has 3 aliphatic rings. The Balaban J connectivity index is 1.05. The Morgan fingerprint density at radius 2 is 1.71 bits per heavy atom. The number of rotatable bonds is 9. The number of carbonyl (C=O) groups is 1. The predicted molar refractivity (Wildman–Crippen MR) is 162 cm³/mol. The second-order valence-corrected chi connectivity index (χ2v) is 14.2. The SMILES string of the molecule is COc1ccc(S(=O)(=O)N2CCC(CCCCNC(=O)c3cc4c([nH]3)CCNC43CCCCCCCC3)CC2)cc1. The van der Waals surface area contributed by atoms with Crippen LogP contribution in [0.3, 0.4) is 0 Å². The van der Waals surface area contributed by atoms with Gasteiger partial charge in [0, 0.05) is 43.8 Å². The van der Waals surface area contributed by atoms with Gasteiger partial charge < -0.3 is 20.4 Å². The van der Waals surface area contributed by atoms with Gasteiger partial charge in [0.25, 0.3) is 5.91 Å². The molecule has 1 aromatic carbocycles. The molecule has 1 saturated carbocycles. The second-order valence-electron chi connectivity index (χ2n) is 12.2. The van der Waals surface area contributed by atoms with Crippen molar-refractivity contribution in [1.29, 1.82) is 0 Å². The van der Waals surface area contributed by atoms with E-state index in [0.717, 1.165) is 57.9 Å². The van der Waals surface area contributed by atoms with Crippen LogP contribution < -0.4 is 15.4 Å². The van der Waals surface area contributed by atoms with E-state index in [2.05, 4.69) is 21.7 Å². The van der Waals surface area contributed by atoms with Crippen molar-refractivity contribution < 1.29 is 17.9 Å². The lowest BCUT2D eigenvalue weighted by Gasteiger charge is -2.39. The topological polar surface area (TPSA) is 104 Å². The monoisotopic (exact) mass is 584 g/mol. The molecule has 1 spiro atoms. The average molecular weight is 585 g/mol. The number of methoxy groups -OCH3 is 1. The van der Waals surface area contributed by atoms with Gasteiger partial charge in [0.05, 0.1) is 12.0 Å². The van der Waals surface area contributed by atoms with Crippen LogP contribution in [0.25, 0.3) is 0 Å². The van der Waals surface area contributed by atoms with Crippen molar-refractivity contribution in [3.63, 3.8) is 0 Å². The maximum Gasteiger partial charge on any atom is 0.267 e. The largest absolute Gasteiger partial charge is 0.497 e. The summed E-state index contributed by atoms with van der Waals surface area (Å²) in [4.78, 5) is 16.8. The highest BCUT2D eigenvalue weighted by molar-refractivity contribution is 7.89. The number of aromatic amines is 1. The van der Waals surface area contributed by atoms with Crippen molar-refractivity contribution in [2.75, 3.05) is 33.3 Å². The molecule has 226 valence electrons. The number of hydrogen-bond acceptors (Lipinski definition) is 5. The van der Waals surface area contributed by atoms with Crippen LogP contribution in [-0.4, -0.2) is 56.9 Å². The number of piperidine rings is 1. The maximum atomic E-state index is 13.0. The molecular formula is C32H48N4O4S. The summed E-state index contributed by atoms with van der Waals surface area (Å²) in [5, 5.41) is 7.00. The summed E-state index contributed by atoms with van der Waals surface area (Å²) < 4.78 is 32.8. The zero-order valence-corrected chi connectivity index (χ0v) is 25.5. The van der Waals surface area contributed by atoms with Gasteiger partial charge >= 0.3 is 0 Å². The molecule has 3 heterocycles. The number of carbonyl (C=O) groups excluding carboxylic acids is 1. The number of ether oxygens (including phenoxy) is 1. The Bertz CT molecular complexity index is 1240. The standard InChI is InChI=1S/C32H48N4O4S/c1-40-26-11-13-27(14-12-26)41(38,39)36-22-16-25(17-23-36)10-6-9-20-33-31(37)30-24-28-29(35-30)15-21-34-32(28)18-7-4-2-3-5-8-19-32/h11-14,24-25,34-35H,2-10,15-23H2,1H3,(H,33,37). The minimum atomic E-state index is -3.47. The summed E-state index contributed by atoms with van der Waals surface area (Å²) in [6.07, 6.45) is 15.8. The number of unbranched alkanes of at least 4 members (excludes halogenated alkanes) is 1. The molecule has 0 atom stereocenters. The van der Waals surface area contributed by atoms with Gasteiger partial charge in [-0.25, -0.2) is 8.42 Å². The molecule has 1 amide bonds. The summed E-state index contributed by atoms with van der Waals surface area (Å²) >= 11 is 0. The van der Waals surface area contributed by atoms with Gasteiger partial charge in [0.2, 0.25) is 10.0 Å². The number of hydrogen-bond donors (Lipinski definition) is 3. The Morgan fingerprint density at radius 1 is 1.02 bits per heavy atom. The smallest absolute Gasteiger partial charge is 0.267 e. The number of nitrogens with one attached hydrogen (secondary N) is 3. The fourth-order valence-corrected chi connectivity index (χ4v) is 8.56. The van der Waals surface area contributed by atoms with E-state index < -0.39 is 10.0 Å². The van der Waals surface area contributed by atoms with Crippen LogP contribution in [-0.2, 0) is 22.0 Å². The van der Waals surface area contributed by atoms with E-state index in [1.54, 1.807) is 35.7 Å². The van der Waals surface area contributed by atoms with E-state index in [9.17, 15) is 13.2 Å². The van der Waals surface area contributed by atoms with E-state index in [4.69, 9.17) is 4.74 Å². The van der Waals surface area contributed by atoms with Gasteiger partial charge in [-0.05, 0) is 73.9 Å². The zero-order valence-electron chi connectivity index (χ0n) is 24.7. The second kappa shape index (κ2) is 13.7. The third-order valence-electron chi connectivity index (χ3n) is 9.55. The Morgan fingerprint density at radius 3 is 2.39 bits per heavy atom. The van der Waals surface area contributed by atoms with Crippen molar-refractivity contribution in [3.05, 3.63) is 47.3 Å². The van der Waals surface area contributed by atoms with Gasteiger partial charge in [0.15, 0.2) is 0 Å². The van der Waals surface area contributed by atoms with Crippen molar-refractivity contribution in [1.82, 2.24) is 19.9 Å². The van der Waals surface area contributed by atoms with Gasteiger partial charge in [-0.15, -0.1) is 0 Å². The number of aromatic nitrogens is 1. The van der Waals surface area contributed by atoms with Crippen LogP contribution in [0, 0.1) is 5.92 Å². The van der Waals surface area contributed by atoms with E-state index >= 15 is 0 Å². The number of nitrogens with zero attached hydrogens (tertiary/aromatic N) is 1. The van der Waals surface area contributed by atoms with Crippen LogP contribution in [0.2, 0.25) is 0 Å². The first-order chi connectivity index (χ1) is 19.9. The molecule has 0 bridgehead atoms. The number of benzene rings is 1.